The second-order valence-electron chi connectivity index (χ2n) is 6.92. The number of aromatic amines is 1. The lowest BCUT2D eigenvalue weighted by atomic mass is 9.95. The monoisotopic (exact) mass is 435 g/mol. The molecule has 3 aromatic carbocycles. The molecular formula is C24H16F3N3O2. The number of benzene rings is 3. The van der Waals surface area contributed by atoms with Crippen molar-refractivity contribution in [3.63, 3.8) is 0 Å². The van der Waals surface area contributed by atoms with E-state index in [4.69, 9.17) is 0 Å². The molecule has 0 atom stereocenters. The molecule has 4 rings (SSSR count). The largest absolute Gasteiger partial charge is 0.416 e. The highest BCUT2D eigenvalue weighted by Gasteiger charge is 2.31. The Morgan fingerprint density at radius 3 is 2.09 bits per heavy atom. The van der Waals surface area contributed by atoms with Crippen molar-refractivity contribution in [3.8, 4) is 22.4 Å². The Morgan fingerprint density at radius 2 is 1.47 bits per heavy atom. The molecule has 0 saturated heterocycles. The molecule has 1 aromatic heterocycles. The summed E-state index contributed by atoms with van der Waals surface area (Å²) >= 11 is 0. The van der Waals surface area contributed by atoms with Gasteiger partial charge in [0.15, 0.2) is 0 Å². The second-order valence-corrected chi connectivity index (χ2v) is 6.92. The number of aromatic nitrogens is 2. The first-order valence-electron chi connectivity index (χ1n) is 9.57. The number of alkyl halides is 3. The summed E-state index contributed by atoms with van der Waals surface area (Å²) in [6.07, 6.45) is -4.56. The van der Waals surface area contributed by atoms with Gasteiger partial charge in [-0.1, -0.05) is 66.7 Å². The standard InChI is InChI=1S/C24H16F3N3O2/c25-24(26,27)17-12-7-13-18(14-17)28-22(31)20-19(15-8-3-1-4-9-15)21(29-30-23(20)32)16-10-5-2-6-11-16/h1-14H,(H,28,31)(H,30,32). The van der Waals surface area contributed by atoms with Crippen molar-refractivity contribution in [3.05, 3.63) is 106 Å². The molecule has 1 amide bonds. The van der Waals surface area contributed by atoms with Crippen LogP contribution >= 0.6 is 0 Å². The zero-order chi connectivity index (χ0) is 22.7. The van der Waals surface area contributed by atoms with Crippen LogP contribution in [0.15, 0.2) is 89.7 Å². The van der Waals surface area contributed by atoms with E-state index in [1.165, 1.54) is 12.1 Å². The summed E-state index contributed by atoms with van der Waals surface area (Å²) in [5.74, 6) is -0.844. The third-order valence-electron chi connectivity index (χ3n) is 4.77. The van der Waals surface area contributed by atoms with Gasteiger partial charge in [0.2, 0.25) is 0 Å². The van der Waals surface area contributed by atoms with Crippen molar-refractivity contribution in [2.75, 3.05) is 5.32 Å². The van der Waals surface area contributed by atoms with Gasteiger partial charge < -0.3 is 5.32 Å². The van der Waals surface area contributed by atoms with Gasteiger partial charge in [0.25, 0.3) is 11.5 Å². The molecule has 5 nitrogen and oxygen atoms in total. The number of amides is 1. The van der Waals surface area contributed by atoms with Gasteiger partial charge >= 0.3 is 6.18 Å². The summed E-state index contributed by atoms with van der Waals surface area (Å²) in [4.78, 5) is 25.8. The summed E-state index contributed by atoms with van der Waals surface area (Å²) < 4.78 is 39.1. The number of anilines is 1. The van der Waals surface area contributed by atoms with Crippen molar-refractivity contribution in [1.82, 2.24) is 10.2 Å². The van der Waals surface area contributed by atoms with Gasteiger partial charge in [-0.3, -0.25) is 9.59 Å². The lowest BCUT2D eigenvalue weighted by Crippen LogP contribution is -2.26. The van der Waals surface area contributed by atoms with Crippen LogP contribution in [-0.4, -0.2) is 16.1 Å². The maximum absolute atomic E-state index is 13.1. The van der Waals surface area contributed by atoms with E-state index in [-0.39, 0.29) is 16.8 Å². The topological polar surface area (TPSA) is 74.8 Å². The van der Waals surface area contributed by atoms with Crippen LogP contribution in [0.2, 0.25) is 0 Å². The van der Waals surface area contributed by atoms with Crippen LogP contribution in [0.3, 0.4) is 0 Å². The number of hydrogen-bond donors (Lipinski definition) is 2. The zero-order valence-corrected chi connectivity index (χ0v) is 16.5. The molecule has 1 heterocycles. The molecule has 0 radical (unpaired) electrons. The smallest absolute Gasteiger partial charge is 0.322 e. The maximum atomic E-state index is 13.1. The molecule has 0 spiro atoms. The Labute approximate surface area is 180 Å². The van der Waals surface area contributed by atoms with Gasteiger partial charge in [0, 0.05) is 16.8 Å². The summed E-state index contributed by atoms with van der Waals surface area (Å²) in [6.45, 7) is 0. The molecule has 32 heavy (non-hydrogen) atoms. The van der Waals surface area contributed by atoms with Crippen molar-refractivity contribution < 1.29 is 18.0 Å². The van der Waals surface area contributed by atoms with Crippen molar-refractivity contribution >= 4 is 11.6 Å². The lowest BCUT2D eigenvalue weighted by Gasteiger charge is -2.14. The fourth-order valence-electron chi connectivity index (χ4n) is 3.32. The summed E-state index contributed by atoms with van der Waals surface area (Å²) in [5, 5.41) is 8.90. The number of hydrogen-bond acceptors (Lipinski definition) is 3. The van der Waals surface area contributed by atoms with E-state index in [1.54, 1.807) is 54.6 Å². The number of carbonyl (C=O) groups excluding carboxylic acids is 1. The first-order chi connectivity index (χ1) is 15.3. The SMILES string of the molecule is O=C(Nc1cccc(C(F)(F)F)c1)c1c(-c2ccccc2)c(-c2ccccc2)n[nH]c1=O. The Morgan fingerprint density at radius 1 is 0.844 bits per heavy atom. The van der Waals surface area contributed by atoms with Crippen molar-refractivity contribution in [2.24, 2.45) is 0 Å². The second kappa shape index (κ2) is 8.50. The molecule has 0 aliphatic carbocycles. The van der Waals surface area contributed by atoms with Crippen LogP contribution in [0.1, 0.15) is 15.9 Å². The van der Waals surface area contributed by atoms with E-state index in [1.807, 2.05) is 6.07 Å². The molecule has 0 bridgehead atoms. The minimum atomic E-state index is -4.56. The number of nitrogens with one attached hydrogen (secondary N) is 2. The normalized spacial score (nSPS) is 11.2. The van der Waals surface area contributed by atoms with Gasteiger partial charge in [0.05, 0.1) is 11.3 Å². The minimum absolute atomic E-state index is 0.0821. The lowest BCUT2D eigenvalue weighted by molar-refractivity contribution is -0.137. The molecule has 8 heteroatoms. The summed E-state index contributed by atoms with van der Waals surface area (Å²) in [5.41, 5.74) is -0.116. The maximum Gasteiger partial charge on any atom is 0.416 e. The van der Waals surface area contributed by atoms with E-state index in [9.17, 15) is 22.8 Å². The number of carbonyl (C=O) groups is 1. The van der Waals surface area contributed by atoms with Crippen LogP contribution in [0, 0.1) is 0 Å². The average molecular weight is 435 g/mol. The number of halogens is 3. The number of rotatable bonds is 4. The Hall–Kier alpha value is -4.20. The highest BCUT2D eigenvalue weighted by Crippen LogP contribution is 2.33. The fourth-order valence-corrected chi connectivity index (χ4v) is 3.32. The first-order valence-corrected chi connectivity index (χ1v) is 9.57. The molecule has 2 N–H and O–H groups in total. The van der Waals surface area contributed by atoms with Crippen LogP contribution in [0.4, 0.5) is 18.9 Å². The third kappa shape index (κ3) is 4.29. The third-order valence-corrected chi connectivity index (χ3v) is 4.77. The average Bonchev–Trinajstić information content (AvgIpc) is 2.79. The van der Waals surface area contributed by atoms with Crippen molar-refractivity contribution in [1.29, 1.82) is 0 Å². The predicted molar refractivity (Wildman–Crippen MR) is 115 cm³/mol. The Kier molecular flexibility index (Phi) is 5.59. The van der Waals surface area contributed by atoms with Gasteiger partial charge in [-0.2, -0.15) is 18.3 Å². The van der Waals surface area contributed by atoms with E-state index in [2.05, 4.69) is 15.5 Å². The molecule has 0 unspecified atom stereocenters. The molecule has 0 aliphatic rings. The predicted octanol–water partition coefficient (Wildman–Crippen LogP) is 5.38. The molecule has 160 valence electrons. The van der Waals surface area contributed by atoms with E-state index < -0.39 is 23.2 Å². The zero-order valence-electron chi connectivity index (χ0n) is 16.5. The molecule has 0 aliphatic heterocycles. The van der Waals surface area contributed by atoms with E-state index >= 15 is 0 Å². The Balaban J connectivity index is 1.85. The first kappa shape index (κ1) is 21.0. The molecule has 0 saturated carbocycles. The van der Waals surface area contributed by atoms with E-state index in [0.29, 0.717) is 16.8 Å². The summed E-state index contributed by atoms with van der Waals surface area (Å²) in [7, 11) is 0. The van der Waals surface area contributed by atoms with Crippen LogP contribution in [0.25, 0.3) is 22.4 Å². The number of H-pyrrole nitrogens is 1. The number of nitrogens with zero attached hydrogens (tertiary/aromatic N) is 1. The minimum Gasteiger partial charge on any atom is -0.322 e. The highest BCUT2D eigenvalue weighted by molar-refractivity contribution is 6.10. The quantitative estimate of drug-likeness (QED) is 0.452. The van der Waals surface area contributed by atoms with E-state index in [0.717, 1.165) is 12.1 Å². The van der Waals surface area contributed by atoms with Crippen molar-refractivity contribution in [2.45, 2.75) is 6.18 Å². The van der Waals surface area contributed by atoms with Crippen LogP contribution in [0.5, 0.6) is 0 Å². The highest BCUT2D eigenvalue weighted by atomic mass is 19.4. The van der Waals surface area contributed by atoms with Crippen LogP contribution < -0.4 is 10.9 Å². The van der Waals surface area contributed by atoms with Gasteiger partial charge in [-0.25, -0.2) is 5.10 Å². The van der Waals surface area contributed by atoms with Gasteiger partial charge in [-0.15, -0.1) is 0 Å². The van der Waals surface area contributed by atoms with Gasteiger partial charge in [0.1, 0.15) is 5.56 Å². The van der Waals surface area contributed by atoms with Gasteiger partial charge in [-0.05, 0) is 23.8 Å². The molecule has 0 fully saturated rings. The molecular weight excluding hydrogens is 419 g/mol. The molecule has 4 aromatic rings. The van der Waals surface area contributed by atoms with Crippen LogP contribution in [-0.2, 0) is 6.18 Å². The summed E-state index contributed by atoms with van der Waals surface area (Å²) in [6, 6.07) is 21.9. The Bertz CT molecular complexity index is 1320. The fraction of sp³-hybridized carbons (Fsp3) is 0.0417.